The van der Waals surface area contributed by atoms with Crippen molar-refractivity contribution in [3.63, 3.8) is 0 Å². The molecule has 46 heavy (non-hydrogen) atoms. The molecule has 2 heterocycles. The first-order valence-electron chi connectivity index (χ1n) is 15.5. The summed E-state index contributed by atoms with van der Waals surface area (Å²) >= 11 is 0. The maximum atomic E-state index is 12.0. The zero-order chi connectivity index (χ0) is 32.2. The summed E-state index contributed by atoms with van der Waals surface area (Å²) in [4.78, 5) is 14.9. The van der Waals surface area contributed by atoms with Gasteiger partial charge in [0.05, 0.1) is 6.61 Å². The first kappa shape index (κ1) is 30.5. The van der Waals surface area contributed by atoms with E-state index in [-0.39, 0.29) is 24.5 Å². The number of esters is 1. The number of aromatic nitrogens is 6. The molecule has 0 spiro atoms. The number of benzene rings is 4. The Kier molecular flexibility index (Phi) is 8.78. The fourth-order valence-electron chi connectivity index (χ4n) is 5.45. The maximum absolute atomic E-state index is 12.0. The van der Waals surface area contributed by atoms with Crippen molar-refractivity contribution in [2.75, 3.05) is 6.61 Å². The van der Waals surface area contributed by atoms with Gasteiger partial charge in [0.25, 0.3) is 0 Å². The summed E-state index contributed by atoms with van der Waals surface area (Å²) < 4.78 is 5.36. The molecule has 0 aliphatic rings. The average molecular weight is 617 g/mol. The highest BCUT2D eigenvalue weighted by Gasteiger charge is 2.20. The summed E-state index contributed by atoms with van der Waals surface area (Å²) in [6, 6.07) is 22.6. The predicted molar refractivity (Wildman–Crippen MR) is 177 cm³/mol. The monoisotopic (exact) mass is 616 g/mol. The van der Waals surface area contributed by atoms with Crippen LogP contribution in [0.15, 0.2) is 84.9 Å². The molecule has 0 aliphatic carbocycles. The van der Waals surface area contributed by atoms with Gasteiger partial charge in [-0.2, -0.15) is 0 Å². The van der Waals surface area contributed by atoms with Gasteiger partial charge in [-0.05, 0) is 67.3 Å². The van der Waals surface area contributed by atoms with Gasteiger partial charge < -0.3 is 14.9 Å². The Labute approximate surface area is 266 Å². The number of hydrogen-bond donors (Lipinski definition) is 2. The van der Waals surface area contributed by atoms with Crippen molar-refractivity contribution in [1.82, 2.24) is 30.0 Å². The number of aryl methyl sites for hydroxylation is 1. The van der Waals surface area contributed by atoms with E-state index in [2.05, 4.69) is 33.9 Å². The lowest BCUT2D eigenvalue weighted by atomic mass is 9.95. The second kappa shape index (κ2) is 13.2. The molecule has 0 bridgehead atoms. The second-order valence-electron chi connectivity index (χ2n) is 11.5. The lowest BCUT2D eigenvalue weighted by Crippen LogP contribution is -2.09. The van der Waals surface area contributed by atoms with Gasteiger partial charge in [0.2, 0.25) is 0 Å². The Morgan fingerprint density at radius 3 is 1.63 bits per heavy atom. The van der Waals surface area contributed by atoms with E-state index in [1.54, 1.807) is 13.0 Å². The highest BCUT2D eigenvalue weighted by Crippen LogP contribution is 2.35. The molecule has 6 rings (SSSR count). The Morgan fingerprint density at radius 2 is 1.20 bits per heavy atom. The number of unbranched alkanes of at least 4 members (excludes halogenated alkanes) is 2. The van der Waals surface area contributed by atoms with E-state index in [4.69, 9.17) is 4.74 Å². The van der Waals surface area contributed by atoms with E-state index in [0.717, 1.165) is 47.8 Å². The number of fused-ring (bicyclic) bond motifs is 2. The molecule has 10 nitrogen and oxygen atoms in total. The topological polar surface area (TPSA) is 128 Å². The van der Waals surface area contributed by atoms with Crippen LogP contribution in [0.4, 0.5) is 0 Å². The van der Waals surface area contributed by atoms with Gasteiger partial charge in [-0.1, -0.05) is 62.7 Å². The van der Waals surface area contributed by atoms with Crippen LogP contribution in [-0.4, -0.2) is 52.8 Å². The molecule has 0 unspecified atom stereocenters. The zero-order valence-corrected chi connectivity index (χ0v) is 26.0. The molecule has 0 amide bonds. The number of phenols is 2. The fraction of sp³-hybridized carbons (Fsp3) is 0.250. The molecule has 2 N–H and O–H groups in total. The first-order valence-corrected chi connectivity index (χ1v) is 15.5. The number of hydrogen-bond acceptors (Lipinski definition) is 8. The number of phenolic OH excluding ortho intramolecular Hbond substituents is 2. The van der Waals surface area contributed by atoms with Gasteiger partial charge in [-0.15, -0.1) is 30.0 Å². The fourth-order valence-corrected chi connectivity index (χ4v) is 5.45. The highest BCUT2D eigenvalue weighted by atomic mass is 16.5. The SMILES string of the molecule is C=C(C)C(=O)OCCc1cc(Cc2cc(CCCCC)cc(-n3nc4ccccc4n3)c2O)c(O)c(-n2nc3ccccc3n2)c1. The van der Waals surface area contributed by atoms with Crippen LogP contribution < -0.4 is 0 Å². The Balaban J connectivity index is 1.42. The Bertz CT molecular complexity index is 2000. The molecule has 234 valence electrons. The molecule has 4 aromatic carbocycles. The van der Waals surface area contributed by atoms with Gasteiger partial charge in [0.15, 0.2) is 0 Å². The minimum Gasteiger partial charge on any atom is -0.505 e. The molecule has 0 fully saturated rings. The summed E-state index contributed by atoms with van der Waals surface area (Å²) in [5.41, 5.74) is 7.03. The average Bonchev–Trinajstić information content (AvgIpc) is 3.68. The minimum atomic E-state index is -0.462. The molecular weight excluding hydrogens is 580 g/mol. The van der Waals surface area contributed by atoms with E-state index in [0.29, 0.717) is 45.5 Å². The van der Waals surface area contributed by atoms with Crippen LogP contribution in [0.3, 0.4) is 0 Å². The number of aromatic hydroxyl groups is 2. The minimum absolute atomic E-state index is 0.0109. The number of carbonyl (C=O) groups excluding carboxylic acids is 1. The van der Waals surface area contributed by atoms with E-state index in [1.807, 2.05) is 66.7 Å². The van der Waals surface area contributed by atoms with Crippen LogP contribution in [0.2, 0.25) is 0 Å². The van der Waals surface area contributed by atoms with Gasteiger partial charge in [-0.3, -0.25) is 0 Å². The van der Waals surface area contributed by atoms with Crippen LogP contribution >= 0.6 is 0 Å². The van der Waals surface area contributed by atoms with Gasteiger partial charge >= 0.3 is 5.97 Å². The van der Waals surface area contributed by atoms with Crippen LogP contribution in [0.25, 0.3) is 33.4 Å². The molecule has 2 aromatic heterocycles. The Morgan fingerprint density at radius 1 is 0.739 bits per heavy atom. The quantitative estimate of drug-likeness (QED) is 0.0900. The van der Waals surface area contributed by atoms with Crippen molar-refractivity contribution in [2.24, 2.45) is 0 Å². The van der Waals surface area contributed by atoms with Crippen LogP contribution in [0.5, 0.6) is 11.5 Å². The molecule has 0 saturated heterocycles. The smallest absolute Gasteiger partial charge is 0.333 e. The lowest BCUT2D eigenvalue weighted by Gasteiger charge is -2.16. The number of carbonyl (C=O) groups is 1. The van der Waals surface area contributed by atoms with Crippen molar-refractivity contribution in [3.05, 3.63) is 107 Å². The summed E-state index contributed by atoms with van der Waals surface area (Å²) in [7, 11) is 0. The van der Waals surface area contributed by atoms with Gasteiger partial charge in [0.1, 0.15) is 44.9 Å². The van der Waals surface area contributed by atoms with Crippen LogP contribution in [0, 0.1) is 0 Å². The zero-order valence-electron chi connectivity index (χ0n) is 26.0. The van der Waals surface area contributed by atoms with Crippen molar-refractivity contribution < 1.29 is 19.7 Å². The molecule has 0 radical (unpaired) electrons. The lowest BCUT2D eigenvalue weighted by molar-refractivity contribution is -0.138. The van der Waals surface area contributed by atoms with E-state index in [1.165, 1.54) is 9.59 Å². The predicted octanol–water partition coefficient (Wildman–Crippen LogP) is 6.55. The largest absolute Gasteiger partial charge is 0.505 e. The third kappa shape index (κ3) is 6.46. The third-order valence-electron chi connectivity index (χ3n) is 7.88. The molecule has 0 saturated carbocycles. The molecular formula is C36H36N6O4. The number of nitrogens with zero attached hydrogens (tertiary/aromatic N) is 6. The second-order valence-corrected chi connectivity index (χ2v) is 11.5. The highest BCUT2D eigenvalue weighted by molar-refractivity contribution is 5.86. The molecule has 0 atom stereocenters. The van der Waals surface area contributed by atoms with Crippen molar-refractivity contribution in [3.8, 4) is 22.9 Å². The van der Waals surface area contributed by atoms with E-state index >= 15 is 0 Å². The van der Waals surface area contributed by atoms with E-state index in [9.17, 15) is 15.0 Å². The molecule has 6 aromatic rings. The van der Waals surface area contributed by atoms with Gasteiger partial charge in [0, 0.05) is 29.5 Å². The normalized spacial score (nSPS) is 11.3. The first-order chi connectivity index (χ1) is 22.3. The summed E-state index contributed by atoms with van der Waals surface area (Å²) in [6.07, 6.45) is 4.60. The van der Waals surface area contributed by atoms with Crippen molar-refractivity contribution >= 4 is 28.0 Å². The van der Waals surface area contributed by atoms with Crippen LogP contribution in [0.1, 0.15) is 55.4 Å². The van der Waals surface area contributed by atoms with Crippen LogP contribution in [-0.2, 0) is 28.8 Å². The molecule has 10 heteroatoms. The third-order valence-corrected chi connectivity index (χ3v) is 7.88. The number of rotatable bonds is 12. The van der Waals surface area contributed by atoms with Crippen molar-refractivity contribution in [1.29, 1.82) is 0 Å². The molecule has 0 aliphatic heterocycles. The summed E-state index contributed by atoms with van der Waals surface area (Å²) in [6.45, 7) is 7.54. The number of ether oxygens (including phenoxy) is 1. The summed E-state index contributed by atoms with van der Waals surface area (Å²) in [5, 5.41) is 41.7. The Hall–Kier alpha value is -5.51. The summed E-state index contributed by atoms with van der Waals surface area (Å²) in [5.74, 6) is -0.441. The van der Waals surface area contributed by atoms with E-state index < -0.39 is 5.97 Å². The van der Waals surface area contributed by atoms with Gasteiger partial charge in [-0.25, -0.2) is 4.79 Å². The standard InChI is InChI=1S/C36H36N6O4/c1-4-5-6-11-24-18-26(34(43)32(20-24)41-37-28-12-7-8-13-29(28)38-41)22-27-19-25(16-17-46-36(45)23(2)3)21-33(35(27)44)42-39-30-14-9-10-15-31(30)40-42/h7-10,12-15,18-21,43-44H,2,4-6,11,16-17,22H2,1,3H3. The van der Waals surface area contributed by atoms with Crippen molar-refractivity contribution in [2.45, 2.75) is 52.4 Å². The maximum Gasteiger partial charge on any atom is 0.333 e.